The number of allylic oxidation sites excluding steroid dienone is 4. The van der Waals surface area contributed by atoms with Gasteiger partial charge in [0.25, 0.3) is 0 Å². The van der Waals surface area contributed by atoms with Gasteiger partial charge in [0, 0.05) is 16.7 Å². The SMILES string of the molecule is [CH2]CCCC1=CC(=O)C=C2CC[C@@H]3[C@H]([C@@H](O)C[C@@]4(C)[C@H]3CC[C@]4(O)C(=O)CO)[C@@]12C. The van der Waals surface area contributed by atoms with Crippen molar-refractivity contribution in [2.24, 2.45) is 28.6 Å². The number of carbonyl (C=O) groups excluding carboxylic acids is 2. The fourth-order valence-electron chi connectivity index (χ4n) is 7.78. The molecule has 0 aromatic rings. The van der Waals surface area contributed by atoms with E-state index in [2.05, 4.69) is 13.8 Å². The molecule has 165 valence electrons. The standard InChI is InChI=1S/C25H35O5/c1-4-5-6-15-11-17(27)12-16-7-8-18-19-9-10-25(30,21(29)14-26)23(19,2)13-20(28)22(18)24(15,16)3/h11-12,18-20,22,26,28,30H,1,4-10,13-14H2,2-3H3/t18-,19-,20-,22+,23-,24-,25-/m0/s1. The number of Topliss-reactive ketones (excluding diaryl/α,β-unsaturated/α-hetero) is 1. The maximum atomic E-state index is 12.5. The van der Waals surface area contributed by atoms with Gasteiger partial charge in [-0.1, -0.05) is 38.3 Å². The van der Waals surface area contributed by atoms with Crippen LogP contribution in [0.3, 0.4) is 0 Å². The summed E-state index contributed by atoms with van der Waals surface area (Å²) in [5.41, 5.74) is -0.464. The molecule has 3 saturated carbocycles. The summed E-state index contributed by atoms with van der Waals surface area (Å²) in [5.74, 6) is -0.250. The van der Waals surface area contributed by atoms with Crippen LogP contribution in [0, 0.1) is 35.5 Å². The van der Waals surface area contributed by atoms with Crippen molar-refractivity contribution in [1.82, 2.24) is 0 Å². The van der Waals surface area contributed by atoms with Crippen LogP contribution in [-0.4, -0.2) is 45.2 Å². The zero-order valence-corrected chi connectivity index (χ0v) is 18.2. The molecule has 30 heavy (non-hydrogen) atoms. The Morgan fingerprint density at radius 1 is 1.27 bits per heavy atom. The van der Waals surface area contributed by atoms with Gasteiger partial charge in [0.15, 0.2) is 11.6 Å². The van der Waals surface area contributed by atoms with Crippen LogP contribution >= 0.6 is 0 Å². The summed E-state index contributed by atoms with van der Waals surface area (Å²) in [7, 11) is 0. The first kappa shape index (κ1) is 21.9. The highest BCUT2D eigenvalue weighted by Crippen LogP contribution is 2.68. The molecular formula is C25H35O5. The highest BCUT2D eigenvalue weighted by atomic mass is 16.3. The van der Waals surface area contributed by atoms with Crippen LogP contribution in [0.5, 0.6) is 0 Å². The molecule has 5 heteroatoms. The minimum absolute atomic E-state index is 0.0358. The van der Waals surface area contributed by atoms with Gasteiger partial charge >= 0.3 is 0 Å². The Balaban J connectivity index is 1.75. The quantitative estimate of drug-likeness (QED) is 0.642. The largest absolute Gasteiger partial charge is 0.393 e. The van der Waals surface area contributed by atoms with Crippen LogP contribution in [-0.2, 0) is 9.59 Å². The molecule has 0 spiro atoms. The van der Waals surface area contributed by atoms with Gasteiger partial charge in [0.1, 0.15) is 12.2 Å². The lowest BCUT2D eigenvalue weighted by Crippen LogP contribution is -2.62. The number of aliphatic hydroxyl groups is 3. The van der Waals surface area contributed by atoms with Gasteiger partial charge < -0.3 is 15.3 Å². The molecule has 1 radical (unpaired) electrons. The Kier molecular flexibility index (Phi) is 5.40. The number of fused-ring (bicyclic) bond motifs is 5. The lowest BCUT2D eigenvalue weighted by atomic mass is 9.44. The fourth-order valence-corrected chi connectivity index (χ4v) is 7.78. The molecule has 7 atom stereocenters. The first-order chi connectivity index (χ1) is 14.1. The lowest BCUT2D eigenvalue weighted by Gasteiger charge is -2.60. The third-order valence-electron chi connectivity index (χ3n) is 9.29. The summed E-state index contributed by atoms with van der Waals surface area (Å²) in [6.07, 6.45) is 8.40. The Morgan fingerprint density at radius 3 is 2.67 bits per heavy atom. The minimum atomic E-state index is -1.58. The Bertz CT molecular complexity index is 812. The van der Waals surface area contributed by atoms with Gasteiger partial charge in [-0.25, -0.2) is 0 Å². The van der Waals surface area contributed by atoms with E-state index in [1.54, 1.807) is 12.2 Å². The van der Waals surface area contributed by atoms with Crippen LogP contribution in [0.25, 0.3) is 0 Å². The first-order valence-corrected chi connectivity index (χ1v) is 11.4. The second kappa shape index (κ2) is 7.39. The van der Waals surface area contributed by atoms with E-state index in [1.165, 1.54) is 0 Å². The predicted octanol–water partition coefficient (Wildman–Crippen LogP) is 2.93. The molecule has 3 N–H and O–H groups in total. The summed E-state index contributed by atoms with van der Waals surface area (Å²) in [6.45, 7) is 7.39. The number of unbranched alkanes of at least 4 members (excludes halogenated alkanes) is 1. The number of aliphatic hydroxyl groups excluding tert-OH is 2. The number of carbonyl (C=O) groups is 2. The number of ketones is 2. The van der Waals surface area contributed by atoms with Gasteiger partial charge in [-0.2, -0.15) is 0 Å². The molecular weight excluding hydrogens is 380 g/mol. The summed E-state index contributed by atoms with van der Waals surface area (Å²) in [5, 5.41) is 32.3. The highest BCUT2D eigenvalue weighted by molar-refractivity contribution is 6.02. The van der Waals surface area contributed by atoms with Crippen molar-refractivity contribution in [2.75, 3.05) is 6.61 Å². The maximum absolute atomic E-state index is 12.5. The van der Waals surface area contributed by atoms with E-state index in [0.717, 1.165) is 49.7 Å². The highest BCUT2D eigenvalue weighted by Gasteiger charge is 2.68. The van der Waals surface area contributed by atoms with Gasteiger partial charge in [-0.15, -0.1) is 0 Å². The third-order valence-corrected chi connectivity index (χ3v) is 9.29. The number of hydrogen-bond acceptors (Lipinski definition) is 5. The van der Waals surface area contributed by atoms with Crippen molar-refractivity contribution in [3.8, 4) is 0 Å². The van der Waals surface area contributed by atoms with Crippen molar-refractivity contribution in [3.05, 3.63) is 30.2 Å². The van der Waals surface area contributed by atoms with Crippen molar-refractivity contribution in [1.29, 1.82) is 0 Å². The molecule has 0 heterocycles. The van der Waals surface area contributed by atoms with Gasteiger partial charge in [-0.3, -0.25) is 9.59 Å². The van der Waals surface area contributed by atoms with Gasteiger partial charge in [0.05, 0.1) is 6.10 Å². The van der Waals surface area contributed by atoms with Gasteiger partial charge in [-0.05, 0) is 68.9 Å². The number of hydrogen-bond donors (Lipinski definition) is 3. The summed E-state index contributed by atoms with van der Waals surface area (Å²) >= 11 is 0. The van der Waals surface area contributed by atoms with E-state index in [9.17, 15) is 24.9 Å². The molecule has 0 unspecified atom stereocenters. The second-order valence-electron chi connectivity index (χ2n) is 10.4. The maximum Gasteiger partial charge on any atom is 0.190 e. The smallest absolute Gasteiger partial charge is 0.190 e. The van der Waals surface area contributed by atoms with Crippen molar-refractivity contribution >= 4 is 11.6 Å². The molecule has 4 aliphatic rings. The van der Waals surface area contributed by atoms with Crippen LogP contribution in [0.15, 0.2) is 23.3 Å². The first-order valence-electron chi connectivity index (χ1n) is 11.4. The number of rotatable bonds is 5. The predicted molar refractivity (Wildman–Crippen MR) is 113 cm³/mol. The van der Waals surface area contributed by atoms with Gasteiger partial charge in [0.2, 0.25) is 0 Å². The Hall–Kier alpha value is -1.30. The zero-order valence-electron chi connectivity index (χ0n) is 18.2. The van der Waals surface area contributed by atoms with E-state index in [0.29, 0.717) is 12.8 Å². The van der Waals surface area contributed by atoms with Crippen LogP contribution in [0.4, 0.5) is 0 Å². The van der Waals surface area contributed by atoms with Crippen LogP contribution < -0.4 is 0 Å². The molecule has 0 aromatic heterocycles. The normalized spacial score (nSPS) is 45.2. The van der Waals surface area contributed by atoms with E-state index < -0.39 is 29.5 Å². The summed E-state index contributed by atoms with van der Waals surface area (Å²) in [6, 6.07) is 0. The van der Waals surface area contributed by atoms with Crippen LogP contribution in [0.1, 0.15) is 65.2 Å². The van der Waals surface area contributed by atoms with Crippen molar-refractivity contribution < 1.29 is 24.9 Å². The molecule has 0 aliphatic heterocycles. The third kappa shape index (κ3) is 2.78. The second-order valence-corrected chi connectivity index (χ2v) is 10.4. The molecule has 5 nitrogen and oxygen atoms in total. The molecule has 0 amide bonds. The van der Waals surface area contributed by atoms with E-state index in [1.807, 2.05) is 6.92 Å². The molecule has 3 fully saturated rings. The average Bonchev–Trinajstić information content (AvgIpc) is 2.97. The molecule has 4 rings (SSSR count). The summed E-state index contributed by atoms with van der Waals surface area (Å²) in [4.78, 5) is 24.9. The zero-order chi connectivity index (χ0) is 21.9. The molecule has 0 aromatic carbocycles. The topological polar surface area (TPSA) is 94.8 Å². The van der Waals surface area contributed by atoms with Crippen molar-refractivity contribution in [3.63, 3.8) is 0 Å². The minimum Gasteiger partial charge on any atom is -0.393 e. The van der Waals surface area contributed by atoms with E-state index in [-0.39, 0.29) is 29.0 Å². The summed E-state index contributed by atoms with van der Waals surface area (Å²) < 4.78 is 0. The molecule has 4 aliphatic carbocycles. The van der Waals surface area contributed by atoms with E-state index in [4.69, 9.17) is 0 Å². The monoisotopic (exact) mass is 415 g/mol. The Labute approximate surface area is 179 Å². The van der Waals surface area contributed by atoms with Crippen LogP contribution in [0.2, 0.25) is 0 Å². The molecule has 0 saturated heterocycles. The Morgan fingerprint density at radius 2 is 2.00 bits per heavy atom. The van der Waals surface area contributed by atoms with E-state index >= 15 is 0 Å². The molecule has 0 bridgehead atoms. The van der Waals surface area contributed by atoms with Crippen molar-refractivity contribution in [2.45, 2.75) is 76.9 Å². The lowest BCUT2D eigenvalue weighted by molar-refractivity contribution is -0.179. The average molecular weight is 416 g/mol. The fraction of sp³-hybridized carbons (Fsp3) is 0.720.